The van der Waals surface area contributed by atoms with Gasteiger partial charge in [-0.25, -0.2) is 4.98 Å². The van der Waals surface area contributed by atoms with Gasteiger partial charge in [-0.15, -0.1) is 11.3 Å². The Kier molecular flexibility index (Phi) is 4.88. The zero-order chi connectivity index (χ0) is 14.7. The van der Waals surface area contributed by atoms with E-state index >= 15 is 0 Å². The molecule has 0 amide bonds. The number of rotatable bonds is 5. The Labute approximate surface area is 130 Å². The third-order valence-corrected chi connectivity index (χ3v) is 5.98. The smallest absolute Gasteiger partial charge is 0.0954 e. The van der Waals surface area contributed by atoms with Gasteiger partial charge < -0.3 is 0 Å². The molecule has 1 heterocycles. The third-order valence-electron chi connectivity index (χ3n) is 4.92. The zero-order valence-electron chi connectivity index (χ0n) is 12.7. The first-order valence-electron chi connectivity index (χ1n) is 8.10. The molecule has 0 saturated heterocycles. The highest BCUT2D eigenvalue weighted by atomic mass is 32.1. The SMILES string of the molecule is CCC1CCCC(C(Cc2nc3ccccc3s2)NN)C1. The lowest BCUT2D eigenvalue weighted by molar-refractivity contribution is 0.208. The Balaban J connectivity index is 1.71. The molecule has 1 aliphatic carbocycles. The molecule has 3 rings (SSSR count). The zero-order valence-corrected chi connectivity index (χ0v) is 13.5. The Morgan fingerprint density at radius 2 is 2.24 bits per heavy atom. The number of thiazole rings is 1. The van der Waals surface area contributed by atoms with Crippen LogP contribution in [-0.4, -0.2) is 11.0 Å². The van der Waals surface area contributed by atoms with Crippen molar-refractivity contribution in [3.8, 4) is 0 Å². The fourth-order valence-corrected chi connectivity index (χ4v) is 4.65. The molecule has 1 aliphatic rings. The molecular formula is C17H25N3S. The second-order valence-corrected chi connectivity index (χ2v) is 7.37. The second-order valence-electron chi connectivity index (χ2n) is 6.25. The molecule has 114 valence electrons. The average molecular weight is 303 g/mol. The van der Waals surface area contributed by atoms with Crippen molar-refractivity contribution in [1.29, 1.82) is 0 Å². The van der Waals surface area contributed by atoms with E-state index in [9.17, 15) is 0 Å². The minimum Gasteiger partial charge on any atom is -0.271 e. The molecule has 1 fully saturated rings. The molecule has 1 saturated carbocycles. The number of hydrazine groups is 1. The first-order valence-corrected chi connectivity index (χ1v) is 8.92. The number of benzene rings is 1. The van der Waals surface area contributed by atoms with Gasteiger partial charge >= 0.3 is 0 Å². The quantitative estimate of drug-likeness (QED) is 0.651. The molecule has 2 aromatic rings. The van der Waals surface area contributed by atoms with Crippen molar-refractivity contribution in [2.45, 2.75) is 51.5 Å². The van der Waals surface area contributed by atoms with Crippen LogP contribution in [0.25, 0.3) is 10.2 Å². The highest BCUT2D eigenvalue weighted by molar-refractivity contribution is 7.18. The number of aromatic nitrogens is 1. The van der Waals surface area contributed by atoms with E-state index in [4.69, 9.17) is 10.8 Å². The molecule has 21 heavy (non-hydrogen) atoms. The first kappa shape index (κ1) is 14.9. The van der Waals surface area contributed by atoms with Crippen molar-refractivity contribution in [1.82, 2.24) is 10.4 Å². The minimum absolute atomic E-state index is 0.361. The predicted octanol–water partition coefficient (Wildman–Crippen LogP) is 3.89. The fourth-order valence-electron chi connectivity index (χ4n) is 3.63. The maximum Gasteiger partial charge on any atom is 0.0954 e. The van der Waals surface area contributed by atoms with Crippen LogP contribution in [0, 0.1) is 11.8 Å². The van der Waals surface area contributed by atoms with Crippen LogP contribution in [0.15, 0.2) is 24.3 Å². The van der Waals surface area contributed by atoms with Crippen LogP contribution in [0.1, 0.15) is 44.0 Å². The van der Waals surface area contributed by atoms with Gasteiger partial charge in [0.25, 0.3) is 0 Å². The topological polar surface area (TPSA) is 50.9 Å². The van der Waals surface area contributed by atoms with Gasteiger partial charge in [-0.2, -0.15) is 0 Å². The molecule has 4 heteroatoms. The van der Waals surface area contributed by atoms with Crippen molar-refractivity contribution >= 4 is 21.6 Å². The highest BCUT2D eigenvalue weighted by Gasteiger charge is 2.28. The van der Waals surface area contributed by atoms with Gasteiger partial charge in [-0.05, 0) is 36.8 Å². The normalized spacial score (nSPS) is 24.3. The van der Waals surface area contributed by atoms with Crippen molar-refractivity contribution in [3.05, 3.63) is 29.3 Å². The predicted molar refractivity (Wildman–Crippen MR) is 90.2 cm³/mol. The van der Waals surface area contributed by atoms with Gasteiger partial charge in [0, 0.05) is 12.5 Å². The van der Waals surface area contributed by atoms with E-state index < -0.39 is 0 Å². The van der Waals surface area contributed by atoms with Crippen LogP contribution in [0.4, 0.5) is 0 Å². The van der Waals surface area contributed by atoms with Crippen LogP contribution in [-0.2, 0) is 6.42 Å². The molecule has 0 spiro atoms. The lowest BCUT2D eigenvalue weighted by Gasteiger charge is -2.33. The molecule has 0 radical (unpaired) electrons. The maximum absolute atomic E-state index is 5.86. The first-order chi connectivity index (χ1) is 10.3. The summed E-state index contributed by atoms with van der Waals surface area (Å²) < 4.78 is 1.28. The molecule has 3 unspecified atom stereocenters. The molecule has 1 aromatic heterocycles. The Bertz CT molecular complexity index is 547. The van der Waals surface area contributed by atoms with Crippen LogP contribution >= 0.6 is 11.3 Å². The summed E-state index contributed by atoms with van der Waals surface area (Å²) in [5.41, 5.74) is 4.19. The van der Waals surface area contributed by atoms with E-state index in [2.05, 4.69) is 36.6 Å². The Morgan fingerprint density at radius 3 is 3.00 bits per heavy atom. The molecule has 1 aromatic carbocycles. The third kappa shape index (κ3) is 3.44. The van der Waals surface area contributed by atoms with Gasteiger partial charge in [0.2, 0.25) is 0 Å². The molecule has 3 N–H and O–H groups in total. The summed E-state index contributed by atoms with van der Waals surface area (Å²) in [4.78, 5) is 4.76. The fraction of sp³-hybridized carbons (Fsp3) is 0.588. The van der Waals surface area contributed by atoms with E-state index in [0.717, 1.165) is 17.9 Å². The molecule has 0 aliphatic heterocycles. The van der Waals surface area contributed by atoms with E-state index in [1.54, 1.807) is 11.3 Å². The average Bonchev–Trinajstić information content (AvgIpc) is 2.95. The van der Waals surface area contributed by atoms with Crippen LogP contribution in [0.5, 0.6) is 0 Å². The maximum atomic E-state index is 5.86. The number of nitrogens with two attached hydrogens (primary N) is 1. The standard InChI is InChI=1S/C17H25N3S/c1-2-12-6-5-7-13(10-12)15(20-18)11-17-19-14-8-3-4-9-16(14)21-17/h3-4,8-9,12-13,15,20H,2,5-7,10-11,18H2,1H3. The lowest BCUT2D eigenvalue weighted by Crippen LogP contribution is -2.44. The number of fused-ring (bicyclic) bond motifs is 1. The monoisotopic (exact) mass is 303 g/mol. The summed E-state index contributed by atoms with van der Waals surface area (Å²) in [7, 11) is 0. The van der Waals surface area contributed by atoms with Gasteiger partial charge in [-0.3, -0.25) is 11.3 Å². The van der Waals surface area contributed by atoms with E-state index in [-0.39, 0.29) is 0 Å². The number of hydrogen-bond acceptors (Lipinski definition) is 4. The van der Waals surface area contributed by atoms with Gasteiger partial charge in [0.1, 0.15) is 0 Å². The number of nitrogens with one attached hydrogen (secondary N) is 1. The largest absolute Gasteiger partial charge is 0.271 e. The summed E-state index contributed by atoms with van der Waals surface area (Å²) in [6.45, 7) is 2.31. The van der Waals surface area contributed by atoms with Gasteiger partial charge in [0.05, 0.1) is 15.2 Å². The van der Waals surface area contributed by atoms with E-state index in [0.29, 0.717) is 12.0 Å². The number of hydrogen-bond donors (Lipinski definition) is 2. The summed E-state index contributed by atoms with van der Waals surface area (Å²) in [5.74, 6) is 7.44. The highest BCUT2D eigenvalue weighted by Crippen LogP contribution is 2.34. The van der Waals surface area contributed by atoms with Crippen LogP contribution in [0.3, 0.4) is 0 Å². The van der Waals surface area contributed by atoms with E-state index in [1.807, 2.05) is 0 Å². The van der Waals surface area contributed by atoms with Crippen molar-refractivity contribution < 1.29 is 0 Å². The Hall–Kier alpha value is -0.970. The number of para-hydroxylation sites is 1. The summed E-state index contributed by atoms with van der Waals surface area (Å²) >= 11 is 1.80. The molecular weight excluding hydrogens is 278 g/mol. The second kappa shape index (κ2) is 6.86. The van der Waals surface area contributed by atoms with Crippen LogP contribution < -0.4 is 11.3 Å². The van der Waals surface area contributed by atoms with E-state index in [1.165, 1.54) is 41.8 Å². The number of nitrogens with zero attached hydrogens (tertiary/aromatic N) is 1. The van der Waals surface area contributed by atoms with Crippen molar-refractivity contribution in [2.24, 2.45) is 17.7 Å². The summed E-state index contributed by atoms with van der Waals surface area (Å²) in [6.07, 6.45) is 7.62. The van der Waals surface area contributed by atoms with Crippen LogP contribution in [0.2, 0.25) is 0 Å². The van der Waals surface area contributed by atoms with Crippen molar-refractivity contribution in [3.63, 3.8) is 0 Å². The Morgan fingerprint density at radius 1 is 1.38 bits per heavy atom. The van der Waals surface area contributed by atoms with Gasteiger partial charge in [0.15, 0.2) is 0 Å². The molecule has 0 bridgehead atoms. The minimum atomic E-state index is 0.361. The summed E-state index contributed by atoms with van der Waals surface area (Å²) in [6, 6.07) is 8.73. The summed E-state index contributed by atoms with van der Waals surface area (Å²) in [5, 5.41) is 1.21. The lowest BCUT2D eigenvalue weighted by atomic mass is 9.76. The molecule has 3 atom stereocenters. The van der Waals surface area contributed by atoms with Gasteiger partial charge in [-0.1, -0.05) is 38.3 Å². The molecule has 3 nitrogen and oxygen atoms in total. The van der Waals surface area contributed by atoms with Crippen molar-refractivity contribution in [2.75, 3.05) is 0 Å².